The summed E-state index contributed by atoms with van der Waals surface area (Å²) in [5, 5.41) is 4.11. The van der Waals surface area contributed by atoms with Gasteiger partial charge in [-0.15, -0.1) is 11.3 Å². The maximum absolute atomic E-state index is 12.6. The van der Waals surface area contributed by atoms with Crippen LogP contribution in [0.15, 0.2) is 48.5 Å². The smallest absolute Gasteiger partial charge is 0.249 e. The van der Waals surface area contributed by atoms with E-state index in [1.54, 1.807) is 11.0 Å². The van der Waals surface area contributed by atoms with E-state index in [4.69, 9.17) is 11.6 Å². The Balaban J connectivity index is 1.42. The van der Waals surface area contributed by atoms with Crippen LogP contribution < -0.4 is 10.2 Å². The minimum absolute atomic E-state index is 0.129. The third-order valence-corrected chi connectivity index (χ3v) is 5.69. The number of aromatic nitrogens is 1. The summed E-state index contributed by atoms with van der Waals surface area (Å²) in [5.41, 5.74) is 1.57. The summed E-state index contributed by atoms with van der Waals surface area (Å²) in [5.74, 6) is -0.320. The van der Waals surface area contributed by atoms with Gasteiger partial charge in [-0.1, -0.05) is 35.9 Å². The molecule has 132 valence electrons. The molecule has 0 aliphatic carbocycles. The van der Waals surface area contributed by atoms with E-state index in [-0.39, 0.29) is 18.2 Å². The van der Waals surface area contributed by atoms with Crippen LogP contribution in [-0.4, -0.2) is 29.4 Å². The topological polar surface area (TPSA) is 62.3 Å². The Morgan fingerprint density at radius 3 is 2.81 bits per heavy atom. The molecule has 3 aromatic rings. The lowest BCUT2D eigenvalue weighted by Gasteiger charge is -2.18. The first kappa shape index (κ1) is 17.0. The molecule has 0 bridgehead atoms. The number of para-hydroxylation sites is 2. The summed E-state index contributed by atoms with van der Waals surface area (Å²) in [7, 11) is 0. The van der Waals surface area contributed by atoms with Crippen LogP contribution in [0.25, 0.3) is 10.2 Å². The van der Waals surface area contributed by atoms with Gasteiger partial charge in [-0.05, 0) is 30.7 Å². The van der Waals surface area contributed by atoms with Gasteiger partial charge in [-0.25, -0.2) is 4.98 Å². The SMILES string of the molecule is O=C(Cc1nc2ccccc2s1)NC1CCN(c2ccccc2Cl)C1=O. The Labute approximate surface area is 159 Å². The van der Waals surface area contributed by atoms with Gasteiger partial charge in [0.15, 0.2) is 0 Å². The summed E-state index contributed by atoms with van der Waals surface area (Å²) in [6.07, 6.45) is 0.741. The van der Waals surface area contributed by atoms with Gasteiger partial charge in [0, 0.05) is 6.54 Å². The molecule has 0 saturated carbocycles. The lowest BCUT2D eigenvalue weighted by Crippen LogP contribution is -2.42. The van der Waals surface area contributed by atoms with Crippen LogP contribution in [-0.2, 0) is 16.0 Å². The molecule has 4 rings (SSSR count). The van der Waals surface area contributed by atoms with Crippen molar-refractivity contribution in [3.63, 3.8) is 0 Å². The third kappa shape index (κ3) is 3.30. The number of rotatable bonds is 4. The fourth-order valence-electron chi connectivity index (χ4n) is 3.10. The predicted octanol–water partition coefficient (Wildman–Crippen LogP) is 3.41. The molecule has 1 saturated heterocycles. The van der Waals surface area contributed by atoms with Crippen molar-refractivity contribution in [1.29, 1.82) is 0 Å². The molecule has 2 amide bonds. The van der Waals surface area contributed by atoms with Crippen LogP contribution >= 0.6 is 22.9 Å². The molecule has 1 aliphatic heterocycles. The average Bonchev–Trinajstić information content (AvgIpc) is 3.19. The fourth-order valence-corrected chi connectivity index (χ4v) is 4.31. The molecule has 26 heavy (non-hydrogen) atoms. The molecule has 7 heteroatoms. The van der Waals surface area contributed by atoms with Crippen LogP contribution in [0.4, 0.5) is 5.69 Å². The highest BCUT2D eigenvalue weighted by Crippen LogP contribution is 2.29. The van der Waals surface area contributed by atoms with Gasteiger partial charge in [0.1, 0.15) is 11.0 Å². The van der Waals surface area contributed by atoms with Crippen molar-refractivity contribution < 1.29 is 9.59 Å². The largest absolute Gasteiger partial charge is 0.344 e. The molecule has 2 heterocycles. The maximum Gasteiger partial charge on any atom is 0.249 e. The van der Waals surface area contributed by atoms with E-state index in [0.29, 0.717) is 23.7 Å². The minimum atomic E-state index is -0.520. The number of nitrogens with zero attached hydrogens (tertiary/aromatic N) is 2. The van der Waals surface area contributed by atoms with Crippen LogP contribution in [0.3, 0.4) is 0 Å². The Bertz CT molecular complexity index is 955. The van der Waals surface area contributed by atoms with Crippen LogP contribution in [0.2, 0.25) is 5.02 Å². The van der Waals surface area contributed by atoms with Crippen LogP contribution in [0.5, 0.6) is 0 Å². The second-order valence-corrected chi connectivity index (χ2v) is 7.62. The minimum Gasteiger partial charge on any atom is -0.344 e. The summed E-state index contributed by atoms with van der Waals surface area (Å²) in [4.78, 5) is 31.1. The second kappa shape index (κ2) is 7.05. The number of thiazole rings is 1. The highest BCUT2D eigenvalue weighted by Gasteiger charge is 2.34. The normalized spacial score (nSPS) is 17.0. The number of carbonyl (C=O) groups excluding carboxylic acids is 2. The van der Waals surface area contributed by atoms with Gasteiger partial charge in [0.25, 0.3) is 0 Å². The Morgan fingerprint density at radius 2 is 2.00 bits per heavy atom. The van der Waals surface area contributed by atoms with E-state index in [1.807, 2.05) is 42.5 Å². The molecule has 2 aromatic carbocycles. The molecule has 1 unspecified atom stereocenters. The van der Waals surface area contributed by atoms with E-state index in [1.165, 1.54) is 11.3 Å². The van der Waals surface area contributed by atoms with Crippen molar-refractivity contribution in [1.82, 2.24) is 10.3 Å². The molecule has 1 fully saturated rings. The van der Waals surface area contributed by atoms with Crippen molar-refractivity contribution in [2.24, 2.45) is 0 Å². The van der Waals surface area contributed by atoms with Gasteiger partial charge in [-0.3, -0.25) is 9.59 Å². The van der Waals surface area contributed by atoms with Crippen molar-refractivity contribution in [2.75, 3.05) is 11.4 Å². The lowest BCUT2D eigenvalue weighted by molar-refractivity contribution is -0.126. The molecular weight excluding hydrogens is 370 g/mol. The zero-order valence-corrected chi connectivity index (χ0v) is 15.4. The second-order valence-electron chi connectivity index (χ2n) is 6.10. The molecule has 1 aliphatic rings. The first-order valence-electron chi connectivity index (χ1n) is 8.31. The van der Waals surface area contributed by atoms with E-state index in [9.17, 15) is 9.59 Å². The number of carbonyl (C=O) groups is 2. The number of hydrogen-bond donors (Lipinski definition) is 1. The number of fused-ring (bicyclic) bond motifs is 1. The molecule has 1 aromatic heterocycles. The van der Waals surface area contributed by atoms with Gasteiger partial charge in [0.05, 0.1) is 27.3 Å². The number of anilines is 1. The Kier molecular flexibility index (Phi) is 4.61. The number of amides is 2. The zero-order chi connectivity index (χ0) is 18.1. The molecule has 0 spiro atoms. The van der Waals surface area contributed by atoms with E-state index in [0.717, 1.165) is 15.2 Å². The molecule has 1 N–H and O–H groups in total. The Morgan fingerprint density at radius 1 is 1.23 bits per heavy atom. The van der Waals surface area contributed by atoms with Crippen molar-refractivity contribution in [2.45, 2.75) is 18.9 Å². The monoisotopic (exact) mass is 385 g/mol. The predicted molar refractivity (Wildman–Crippen MR) is 104 cm³/mol. The highest BCUT2D eigenvalue weighted by atomic mass is 35.5. The highest BCUT2D eigenvalue weighted by molar-refractivity contribution is 7.18. The summed E-state index contributed by atoms with van der Waals surface area (Å²) >= 11 is 7.68. The average molecular weight is 386 g/mol. The standard InChI is InChI=1S/C19H16ClN3O2S/c20-12-5-1-3-7-15(12)23-10-9-14(19(23)25)21-17(24)11-18-22-13-6-2-4-8-16(13)26-18/h1-8,14H,9-11H2,(H,21,24). The van der Waals surface area contributed by atoms with Gasteiger partial charge in [-0.2, -0.15) is 0 Å². The van der Waals surface area contributed by atoms with Crippen molar-refractivity contribution in [3.05, 3.63) is 58.6 Å². The summed E-state index contributed by atoms with van der Waals surface area (Å²) in [6.45, 7) is 0.536. The number of nitrogens with one attached hydrogen (secondary N) is 1. The Hall–Kier alpha value is -2.44. The number of halogens is 1. The molecule has 1 atom stereocenters. The summed E-state index contributed by atoms with van der Waals surface area (Å²) in [6, 6.07) is 14.5. The first-order chi connectivity index (χ1) is 12.6. The van der Waals surface area contributed by atoms with Crippen molar-refractivity contribution in [3.8, 4) is 0 Å². The van der Waals surface area contributed by atoms with Crippen molar-refractivity contribution >= 4 is 50.7 Å². The number of hydrogen-bond acceptors (Lipinski definition) is 4. The van der Waals surface area contributed by atoms with Gasteiger partial charge < -0.3 is 10.2 Å². The van der Waals surface area contributed by atoms with E-state index in [2.05, 4.69) is 10.3 Å². The molecule has 0 radical (unpaired) electrons. The van der Waals surface area contributed by atoms with Crippen LogP contribution in [0.1, 0.15) is 11.4 Å². The maximum atomic E-state index is 12.6. The molecule has 5 nitrogen and oxygen atoms in total. The van der Waals surface area contributed by atoms with Gasteiger partial charge in [0.2, 0.25) is 11.8 Å². The quantitative estimate of drug-likeness (QED) is 0.748. The number of benzene rings is 2. The molecular formula is C19H16ClN3O2S. The van der Waals surface area contributed by atoms with Crippen LogP contribution in [0, 0.1) is 0 Å². The van der Waals surface area contributed by atoms with Gasteiger partial charge >= 0.3 is 0 Å². The summed E-state index contributed by atoms with van der Waals surface area (Å²) < 4.78 is 1.05. The fraction of sp³-hybridized carbons (Fsp3) is 0.211. The lowest BCUT2D eigenvalue weighted by atomic mass is 10.2. The van der Waals surface area contributed by atoms with E-state index < -0.39 is 6.04 Å². The first-order valence-corrected chi connectivity index (χ1v) is 9.51. The van der Waals surface area contributed by atoms with E-state index >= 15 is 0 Å². The zero-order valence-electron chi connectivity index (χ0n) is 13.8. The third-order valence-electron chi connectivity index (χ3n) is 4.33.